The molecule has 0 radical (unpaired) electrons. The SMILES string of the molecule is CCNC(=O)C1=C(O)[C@@H]2Oc3c(O)ccc4c3[C@@]23CCN(CC2CC2)[C@H](C4)[C@]3(O)C1. The molecule has 160 valence electrons. The predicted octanol–water partition coefficient (Wildman–Crippen LogP) is 1.51. The number of phenolic OH excluding ortho intramolecular Hbond substituents is 1. The monoisotopic (exact) mass is 412 g/mol. The van der Waals surface area contributed by atoms with E-state index >= 15 is 0 Å². The molecule has 7 heteroatoms. The van der Waals surface area contributed by atoms with Crippen LogP contribution < -0.4 is 10.1 Å². The zero-order valence-electron chi connectivity index (χ0n) is 17.1. The Hall–Kier alpha value is -2.25. The van der Waals surface area contributed by atoms with E-state index < -0.39 is 17.1 Å². The number of phenols is 1. The molecule has 3 aliphatic carbocycles. The van der Waals surface area contributed by atoms with Crippen LogP contribution in [-0.2, 0) is 16.6 Å². The zero-order chi connectivity index (χ0) is 20.8. The maximum atomic E-state index is 12.8. The highest BCUT2D eigenvalue weighted by molar-refractivity contribution is 5.95. The molecule has 4 atom stereocenters. The molecular formula is C23H28N2O5. The number of nitrogens with zero attached hydrogens (tertiary/aromatic N) is 1. The molecule has 0 aromatic heterocycles. The van der Waals surface area contributed by atoms with E-state index in [2.05, 4.69) is 10.2 Å². The van der Waals surface area contributed by atoms with Crippen molar-refractivity contribution in [1.29, 1.82) is 0 Å². The maximum Gasteiger partial charge on any atom is 0.250 e. The Labute approximate surface area is 175 Å². The van der Waals surface area contributed by atoms with Crippen LogP contribution in [0, 0.1) is 5.92 Å². The molecule has 2 aliphatic heterocycles. The molecule has 5 aliphatic rings. The number of nitrogens with one attached hydrogen (secondary N) is 1. The quantitative estimate of drug-likeness (QED) is 0.598. The molecule has 1 saturated heterocycles. The summed E-state index contributed by atoms with van der Waals surface area (Å²) in [5.74, 6) is 0.591. The minimum atomic E-state index is -1.25. The van der Waals surface area contributed by atoms with Gasteiger partial charge in [0.2, 0.25) is 0 Å². The summed E-state index contributed by atoms with van der Waals surface area (Å²) in [5, 5.41) is 36.8. The molecule has 6 rings (SSSR count). The normalized spacial score (nSPS) is 36.3. The van der Waals surface area contributed by atoms with E-state index in [9.17, 15) is 20.1 Å². The van der Waals surface area contributed by atoms with Crippen LogP contribution >= 0.6 is 0 Å². The molecule has 4 N–H and O–H groups in total. The Balaban J connectivity index is 1.56. The first-order valence-electron chi connectivity index (χ1n) is 11.1. The topological polar surface area (TPSA) is 102 Å². The summed E-state index contributed by atoms with van der Waals surface area (Å²) in [6, 6.07) is 3.41. The van der Waals surface area contributed by atoms with Gasteiger partial charge in [0.05, 0.1) is 16.6 Å². The highest BCUT2D eigenvalue weighted by Crippen LogP contribution is 2.66. The van der Waals surface area contributed by atoms with Crippen molar-refractivity contribution in [3.63, 3.8) is 0 Å². The number of carbonyl (C=O) groups is 1. The molecular weight excluding hydrogens is 384 g/mol. The summed E-state index contributed by atoms with van der Waals surface area (Å²) in [6.45, 7) is 4.03. The third-order valence-electron chi connectivity index (χ3n) is 8.13. The van der Waals surface area contributed by atoms with Crippen LogP contribution in [-0.4, -0.2) is 63.5 Å². The highest BCUT2D eigenvalue weighted by Gasteiger charge is 2.73. The minimum Gasteiger partial charge on any atom is -0.508 e. The lowest BCUT2D eigenvalue weighted by molar-refractivity contribution is -0.172. The second-order valence-electron chi connectivity index (χ2n) is 9.65. The number of aliphatic hydroxyl groups is 2. The van der Waals surface area contributed by atoms with Crippen LogP contribution in [0.3, 0.4) is 0 Å². The van der Waals surface area contributed by atoms with Crippen molar-refractivity contribution in [2.45, 2.75) is 62.2 Å². The fraction of sp³-hybridized carbons (Fsp3) is 0.609. The standard InChI is InChI=1S/C23H28N2O5/c1-2-24-21(28)14-10-23(29)16-9-13-5-6-15(26)19-17(13)22(23,20(30-19)18(14)27)7-8-25(16)11-12-3-4-12/h5-6,12,16,20,26-27,29H,2-4,7-11H2,1H3,(H,24,28)/t16-,20+,22+,23-/m1/s1. The van der Waals surface area contributed by atoms with Gasteiger partial charge in [0, 0.05) is 31.1 Å². The van der Waals surface area contributed by atoms with Crippen LogP contribution in [0.15, 0.2) is 23.5 Å². The Morgan fingerprint density at radius 3 is 2.87 bits per heavy atom. The average Bonchev–Trinajstić information content (AvgIpc) is 3.45. The van der Waals surface area contributed by atoms with Gasteiger partial charge in [0.25, 0.3) is 5.91 Å². The molecule has 2 bridgehead atoms. The summed E-state index contributed by atoms with van der Waals surface area (Å²) in [7, 11) is 0. The molecule has 1 aromatic rings. The van der Waals surface area contributed by atoms with Gasteiger partial charge in [-0.05, 0) is 56.7 Å². The van der Waals surface area contributed by atoms with Gasteiger partial charge in [-0.1, -0.05) is 6.07 Å². The van der Waals surface area contributed by atoms with Gasteiger partial charge in [-0.3, -0.25) is 9.69 Å². The lowest BCUT2D eigenvalue weighted by Crippen LogP contribution is -2.75. The first kappa shape index (κ1) is 18.5. The van der Waals surface area contributed by atoms with Crippen LogP contribution in [0.2, 0.25) is 0 Å². The van der Waals surface area contributed by atoms with Crippen molar-refractivity contribution in [2.24, 2.45) is 5.92 Å². The first-order valence-corrected chi connectivity index (χ1v) is 11.1. The number of hydrogen-bond donors (Lipinski definition) is 4. The van der Waals surface area contributed by atoms with Crippen LogP contribution in [0.25, 0.3) is 0 Å². The van der Waals surface area contributed by atoms with E-state index in [1.807, 2.05) is 13.0 Å². The van der Waals surface area contributed by atoms with Crippen molar-refractivity contribution >= 4 is 5.91 Å². The fourth-order valence-corrected chi connectivity index (χ4v) is 6.64. The number of benzene rings is 1. The molecule has 0 unspecified atom stereocenters. The summed E-state index contributed by atoms with van der Waals surface area (Å²) < 4.78 is 6.16. The van der Waals surface area contributed by atoms with E-state index in [1.165, 1.54) is 12.8 Å². The van der Waals surface area contributed by atoms with Gasteiger partial charge in [-0.2, -0.15) is 0 Å². The average molecular weight is 412 g/mol. The lowest BCUT2D eigenvalue weighted by Gasteiger charge is -2.62. The van der Waals surface area contributed by atoms with Crippen LogP contribution in [0.5, 0.6) is 11.5 Å². The second kappa shape index (κ2) is 5.92. The number of likely N-dealkylation sites (N-methyl/N-ethyl adjacent to an activating group) is 1. The van der Waals surface area contributed by atoms with E-state index in [-0.39, 0.29) is 35.5 Å². The number of ether oxygens (including phenoxy) is 1. The maximum absolute atomic E-state index is 12.8. The van der Waals surface area contributed by atoms with Crippen molar-refractivity contribution in [2.75, 3.05) is 19.6 Å². The van der Waals surface area contributed by atoms with Crippen molar-refractivity contribution in [1.82, 2.24) is 10.2 Å². The third-order valence-corrected chi connectivity index (χ3v) is 8.13. The first-order chi connectivity index (χ1) is 14.4. The number of amides is 1. The van der Waals surface area contributed by atoms with Crippen molar-refractivity contribution in [3.8, 4) is 11.5 Å². The van der Waals surface area contributed by atoms with Crippen LogP contribution in [0.1, 0.15) is 43.7 Å². The summed E-state index contributed by atoms with van der Waals surface area (Å²) >= 11 is 0. The van der Waals surface area contributed by atoms with Crippen molar-refractivity contribution < 1.29 is 24.9 Å². The Kier molecular flexibility index (Phi) is 3.65. The molecule has 30 heavy (non-hydrogen) atoms. The van der Waals surface area contributed by atoms with Gasteiger partial charge >= 0.3 is 0 Å². The lowest BCUT2D eigenvalue weighted by atomic mass is 9.49. The molecule has 1 amide bonds. The van der Waals surface area contributed by atoms with E-state index in [0.29, 0.717) is 31.1 Å². The number of aliphatic hydroxyl groups excluding tert-OH is 1. The predicted molar refractivity (Wildman–Crippen MR) is 109 cm³/mol. The molecule has 1 saturated carbocycles. The molecule has 2 fully saturated rings. The Bertz CT molecular complexity index is 986. The molecule has 1 spiro atoms. The van der Waals surface area contributed by atoms with Gasteiger partial charge in [-0.25, -0.2) is 0 Å². The number of aromatic hydroxyl groups is 1. The zero-order valence-corrected chi connectivity index (χ0v) is 17.1. The smallest absolute Gasteiger partial charge is 0.250 e. The van der Waals surface area contributed by atoms with Crippen LogP contribution in [0.4, 0.5) is 0 Å². The number of piperidine rings is 1. The summed E-state index contributed by atoms with van der Waals surface area (Å²) in [4.78, 5) is 15.2. The number of likely N-dealkylation sites (tertiary alicyclic amines) is 1. The van der Waals surface area contributed by atoms with Gasteiger partial charge in [-0.15, -0.1) is 0 Å². The van der Waals surface area contributed by atoms with E-state index in [4.69, 9.17) is 4.74 Å². The Morgan fingerprint density at radius 1 is 1.33 bits per heavy atom. The number of carbonyl (C=O) groups excluding carboxylic acids is 1. The largest absolute Gasteiger partial charge is 0.508 e. The fourth-order valence-electron chi connectivity index (χ4n) is 6.64. The molecule has 1 aromatic carbocycles. The van der Waals surface area contributed by atoms with Crippen molar-refractivity contribution in [3.05, 3.63) is 34.6 Å². The van der Waals surface area contributed by atoms with E-state index in [0.717, 1.165) is 24.2 Å². The van der Waals surface area contributed by atoms with Gasteiger partial charge in [0.1, 0.15) is 5.76 Å². The number of hydrogen-bond acceptors (Lipinski definition) is 6. The summed E-state index contributed by atoms with van der Waals surface area (Å²) in [5.41, 5.74) is 0.00528. The third kappa shape index (κ3) is 2.10. The van der Waals surface area contributed by atoms with Gasteiger partial charge in [0.15, 0.2) is 17.6 Å². The molecule has 2 heterocycles. The minimum absolute atomic E-state index is 0.0195. The summed E-state index contributed by atoms with van der Waals surface area (Å²) in [6.07, 6.45) is 2.96. The molecule has 7 nitrogen and oxygen atoms in total. The highest BCUT2D eigenvalue weighted by atomic mass is 16.5. The number of rotatable bonds is 4. The second-order valence-corrected chi connectivity index (χ2v) is 9.65. The Morgan fingerprint density at radius 2 is 2.13 bits per heavy atom. The van der Waals surface area contributed by atoms with Gasteiger partial charge < -0.3 is 25.4 Å². The van der Waals surface area contributed by atoms with E-state index in [1.54, 1.807) is 6.07 Å².